The molecule has 3 aromatic rings. The summed E-state index contributed by atoms with van der Waals surface area (Å²) in [6.07, 6.45) is 1.73. The first kappa shape index (κ1) is 18.1. The van der Waals surface area contributed by atoms with Gasteiger partial charge in [0.1, 0.15) is 5.69 Å². The number of fused-ring (bicyclic) bond motifs is 1. The molecule has 142 valence electrons. The fourth-order valence-corrected chi connectivity index (χ4v) is 4.30. The monoisotopic (exact) mass is 385 g/mol. The highest BCUT2D eigenvalue weighted by atomic mass is 32.1. The molecule has 1 aliphatic rings. The molecule has 0 radical (unpaired) electrons. The summed E-state index contributed by atoms with van der Waals surface area (Å²) < 4.78 is 8.15. The zero-order chi connectivity index (χ0) is 18.8. The summed E-state index contributed by atoms with van der Waals surface area (Å²) in [4.78, 5) is 22.2. The van der Waals surface area contributed by atoms with Crippen LogP contribution < -0.4 is 4.90 Å². The van der Waals surface area contributed by atoms with Gasteiger partial charge in [0.2, 0.25) is 0 Å². The molecule has 1 fully saturated rings. The maximum atomic E-state index is 13.4. The van der Waals surface area contributed by atoms with Gasteiger partial charge in [0.15, 0.2) is 5.13 Å². The first-order valence-corrected chi connectivity index (χ1v) is 9.91. The average Bonchev–Trinajstić information content (AvgIpc) is 3.25. The summed E-state index contributed by atoms with van der Waals surface area (Å²) in [7, 11) is 1.80. The fraction of sp³-hybridized carbons (Fsp3) is 0.421. The zero-order valence-electron chi connectivity index (χ0n) is 15.6. The van der Waals surface area contributed by atoms with Crippen LogP contribution in [-0.4, -0.2) is 65.0 Å². The van der Waals surface area contributed by atoms with Gasteiger partial charge in [-0.3, -0.25) is 19.3 Å². The van der Waals surface area contributed by atoms with Crippen molar-refractivity contribution in [3.63, 3.8) is 0 Å². The number of morpholine rings is 1. The number of thiazole rings is 1. The molecule has 2 aromatic heterocycles. The molecule has 0 aliphatic carbocycles. The number of amides is 1. The van der Waals surface area contributed by atoms with E-state index in [2.05, 4.69) is 10.00 Å². The van der Waals surface area contributed by atoms with E-state index in [1.165, 1.54) is 0 Å². The Morgan fingerprint density at radius 1 is 1.30 bits per heavy atom. The van der Waals surface area contributed by atoms with Crippen molar-refractivity contribution in [3.05, 3.63) is 41.7 Å². The Kier molecular flexibility index (Phi) is 5.20. The lowest BCUT2D eigenvalue weighted by Gasteiger charge is -2.29. The highest BCUT2D eigenvalue weighted by Crippen LogP contribution is 2.29. The molecule has 1 saturated heterocycles. The van der Waals surface area contributed by atoms with E-state index in [1.54, 1.807) is 34.2 Å². The van der Waals surface area contributed by atoms with Crippen molar-refractivity contribution in [3.8, 4) is 0 Å². The molecule has 4 rings (SSSR count). The topological polar surface area (TPSA) is 63.5 Å². The number of para-hydroxylation sites is 1. The summed E-state index contributed by atoms with van der Waals surface area (Å²) in [6, 6.07) is 7.98. The molecule has 27 heavy (non-hydrogen) atoms. The van der Waals surface area contributed by atoms with Gasteiger partial charge in [0.05, 0.1) is 29.6 Å². The molecule has 7 nitrogen and oxygen atoms in total. The van der Waals surface area contributed by atoms with Gasteiger partial charge in [-0.15, -0.1) is 0 Å². The predicted molar refractivity (Wildman–Crippen MR) is 107 cm³/mol. The third-order valence-corrected chi connectivity index (χ3v) is 5.89. The van der Waals surface area contributed by atoms with Crippen LogP contribution in [0, 0.1) is 6.92 Å². The van der Waals surface area contributed by atoms with Crippen molar-refractivity contribution in [2.24, 2.45) is 7.05 Å². The molecule has 0 unspecified atom stereocenters. The van der Waals surface area contributed by atoms with Gasteiger partial charge in [-0.25, -0.2) is 4.98 Å². The Hall–Kier alpha value is -2.29. The van der Waals surface area contributed by atoms with Crippen LogP contribution >= 0.6 is 11.3 Å². The SMILES string of the molecule is Cc1cnn(C)c1C(=O)N(CCN1CCOCC1)c1nc2ccccc2s1. The molecule has 1 amide bonds. The molecule has 1 aromatic carbocycles. The van der Waals surface area contributed by atoms with Gasteiger partial charge < -0.3 is 4.74 Å². The number of rotatable bonds is 5. The van der Waals surface area contributed by atoms with Crippen molar-refractivity contribution in [1.29, 1.82) is 0 Å². The van der Waals surface area contributed by atoms with Crippen molar-refractivity contribution in [1.82, 2.24) is 19.7 Å². The average molecular weight is 385 g/mol. The Bertz CT molecular complexity index is 892. The molecule has 0 bridgehead atoms. The smallest absolute Gasteiger partial charge is 0.278 e. The predicted octanol–water partition coefficient (Wildman–Crippen LogP) is 2.32. The van der Waals surface area contributed by atoms with Gasteiger partial charge in [0, 0.05) is 33.2 Å². The number of carbonyl (C=O) groups excluding carboxylic acids is 1. The van der Waals surface area contributed by atoms with E-state index in [1.807, 2.05) is 31.2 Å². The number of hydrogen-bond donors (Lipinski definition) is 0. The van der Waals surface area contributed by atoms with Crippen LogP contribution in [0.2, 0.25) is 0 Å². The number of ether oxygens (including phenoxy) is 1. The van der Waals surface area contributed by atoms with E-state index in [0.29, 0.717) is 12.2 Å². The van der Waals surface area contributed by atoms with E-state index in [-0.39, 0.29) is 5.91 Å². The number of aromatic nitrogens is 3. The molecule has 0 N–H and O–H groups in total. The normalized spacial score (nSPS) is 15.3. The number of hydrogen-bond acceptors (Lipinski definition) is 6. The minimum atomic E-state index is -0.0557. The van der Waals surface area contributed by atoms with Gasteiger partial charge in [0.25, 0.3) is 5.91 Å². The largest absolute Gasteiger partial charge is 0.379 e. The highest BCUT2D eigenvalue weighted by Gasteiger charge is 2.26. The fourth-order valence-electron chi connectivity index (χ4n) is 3.31. The number of benzene rings is 1. The van der Waals surface area contributed by atoms with Crippen LogP contribution in [0.25, 0.3) is 10.2 Å². The summed E-state index contributed by atoms with van der Waals surface area (Å²) in [5.74, 6) is -0.0557. The third kappa shape index (κ3) is 3.73. The molecular weight excluding hydrogens is 362 g/mol. The number of carbonyl (C=O) groups is 1. The molecule has 8 heteroatoms. The lowest BCUT2D eigenvalue weighted by molar-refractivity contribution is 0.0391. The Labute approximate surface area is 162 Å². The van der Waals surface area contributed by atoms with E-state index in [0.717, 1.165) is 53.8 Å². The Balaban J connectivity index is 1.64. The quantitative estimate of drug-likeness (QED) is 0.674. The third-order valence-electron chi connectivity index (χ3n) is 4.83. The van der Waals surface area contributed by atoms with E-state index in [4.69, 9.17) is 9.72 Å². The maximum Gasteiger partial charge on any atom is 0.278 e. The van der Waals surface area contributed by atoms with E-state index < -0.39 is 0 Å². The standard InChI is InChI=1S/C19H23N5O2S/c1-14-13-20-22(2)17(14)18(25)24(8-7-23-9-11-26-12-10-23)19-21-15-5-3-4-6-16(15)27-19/h3-6,13H,7-12H2,1-2H3. The lowest BCUT2D eigenvalue weighted by atomic mass is 10.2. The highest BCUT2D eigenvalue weighted by molar-refractivity contribution is 7.22. The van der Waals surface area contributed by atoms with Crippen LogP contribution in [0.5, 0.6) is 0 Å². The molecule has 3 heterocycles. The van der Waals surface area contributed by atoms with Gasteiger partial charge in [-0.2, -0.15) is 5.10 Å². The maximum absolute atomic E-state index is 13.4. The summed E-state index contributed by atoms with van der Waals surface area (Å²) in [6.45, 7) is 6.58. The second-order valence-corrected chi connectivity index (χ2v) is 7.68. The minimum Gasteiger partial charge on any atom is -0.379 e. The van der Waals surface area contributed by atoms with Crippen LogP contribution in [0.1, 0.15) is 16.1 Å². The molecule has 0 saturated carbocycles. The lowest BCUT2D eigenvalue weighted by Crippen LogP contribution is -2.43. The molecule has 1 aliphatic heterocycles. The summed E-state index contributed by atoms with van der Waals surface area (Å²) in [5, 5.41) is 4.96. The Morgan fingerprint density at radius 3 is 2.78 bits per heavy atom. The van der Waals surface area contributed by atoms with E-state index in [9.17, 15) is 4.79 Å². The Morgan fingerprint density at radius 2 is 2.07 bits per heavy atom. The van der Waals surface area contributed by atoms with Crippen LogP contribution in [0.4, 0.5) is 5.13 Å². The number of aryl methyl sites for hydroxylation is 2. The van der Waals surface area contributed by atoms with Gasteiger partial charge in [-0.05, 0) is 24.6 Å². The summed E-state index contributed by atoms with van der Waals surface area (Å²) >= 11 is 1.55. The van der Waals surface area contributed by atoms with Crippen LogP contribution in [-0.2, 0) is 11.8 Å². The molecule has 0 atom stereocenters. The molecule has 0 spiro atoms. The van der Waals surface area contributed by atoms with Crippen molar-refractivity contribution in [2.75, 3.05) is 44.3 Å². The van der Waals surface area contributed by atoms with E-state index >= 15 is 0 Å². The summed E-state index contributed by atoms with van der Waals surface area (Å²) in [5.41, 5.74) is 2.40. The van der Waals surface area contributed by atoms with Crippen molar-refractivity contribution in [2.45, 2.75) is 6.92 Å². The first-order chi connectivity index (χ1) is 13.1. The second kappa shape index (κ2) is 7.75. The van der Waals surface area contributed by atoms with Gasteiger partial charge in [-0.1, -0.05) is 23.5 Å². The number of anilines is 1. The van der Waals surface area contributed by atoms with Gasteiger partial charge >= 0.3 is 0 Å². The zero-order valence-corrected chi connectivity index (χ0v) is 16.4. The minimum absolute atomic E-state index is 0.0557. The number of nitrogens with zero attached hydrogens (tertiary/aromatic N) is 5. The first-order valence-electron chi connectivity index (χ1n) is 9.09. The van der Waals surface area contributed by atoms with Crippen molar-refractivity contribution < 1.29 is 9.53 Å². The van der Waals surface area contributed by atoms with Crippen LogP contribution in [0.15, 0.2) is 30.5 Å². The van der Waals surface area contributed by atoms with Crippen molar-refractivity contribution >= 4 is 32.6 Å². The molecular formula is C19H23N5O2S. The van der Waals surface area contributed by atoms with Crippen LogP contribution in [0.3, 0.4) is 0 Å². The second-order valence-electron chi connectivity index (χ2n) is 6.67.